The molecule has 0 saturated carbocycles. The van der Waals surface area contributed by atoms with Gasteiger partial charge in [-0.05, 0) is 24.1 Å². The summed E-state index contributed by atoms with van der Waals surface area (Å²) in [6.45, 7) is 2.15. The molecule has 1 heterocycles. The van der Waals surface area contributed by atoms with Crippen LogP contribution in [0.2, 0.25) is 0 Å². The molecule has 0 spiro atoms. The number of hydrogen-bond acceptors (Lipinski definition) is 4. The van der Waals surface area contributed by atoms with Crippen LogP contribution in [-0.4, -0.2) is 24.1 Å². The number of carbonyl (C=O) groups is 3. The van der Waals surface area contributed by atoms with Crippen LogP contribution in [0.4, 0.5) is 10.5 Å². The van der Waals surface area contributed by atoms with Crippen molar-refractivity contribution in [1.29, 1.82) is 0 Å². The highest BCUT2D eigenvalue weighted by molar-refractivity contribution is 6.32. The fourth-order valence-electron chi connectivity index (χ4n) is 2.61. The van der Waals surface area contributed by atoms with E-state index in [9.17, 15) is 14.4 Å². The number of aliphatic imine (C=N–C) groups is 1. The normalized spacial score (nSPS) is 17.9. The summed E-state index contributed by atoms with van der Waals surface area (Å²) in [4.78, 5) is 42.1. The molecule has 3 rings (SSSR count). The van der Waals surface area contributed by atoms with Crippen LogP contribution >= 0.6 is 0 Å². The van der Waals surface area contributed by atoms with Crippen LogP contribution in [-0.2, 0) is 16.1 Å². The second-order valence-electron chi connectivity index (χ2n) is 5.71. The first-order valence-corrected chi connectivity index (χ1v) is 7.86. The van der Waals surface area contributed by atoms with Gasteiger partial charge in [0.15, 0.2) is 5.92 Å². The third-order valence-corrected chi connectivity index (χ3v) is 3.93. The fraction of sp³-hybridized carbons (Fsp3) is 0.158. The van der Waals surface area contributed by atoms with E-state index < -0.39 is 23.8 Å². The van der Waals surface area contributed by atoms with Crippen molar-refractivity contribution in [2.24, 2.45) is 10.9 Å². The molecule has 0 aromatic heterocycles. The van der Waals surface area contributed by atoms with E-state index in [0.29, 0.717) is 12.2 Å². The van der Waals surface area contributed by atoms with Gasteiger partial charge in [0.2, 0.25) is 5.91 Å². The summed E-state index contributed by atoms with van der Waals surface area (Å²) in [6, 6.07) is 15.8. The van der Waals surface area contributed by atoms with Crippen molar-refractivity contribution < 1.29 is 14.4 Å². The first kappa shape index (κ1) is 16.6. The first-order chi connectivity index (χ1) is 12.1. The molecule has 0 bridgehead atoms. The van der Waals surface area contributed by atoms with Crippen molar-refractivity contribution in [1.82, 2.24) is 5.32 Å². The van der Waals surface area contributed by atoms with Gasteiger partial charge in [-0.2, -0.15) is 0 Å². The van der Waals surface area contributed by atoms with E-state index in [-0.39, 0.29) is 0 Å². The van der Waals surface area contributed by atoms with E-state index in [0.717, 1.165) is 16.0 Å². The molecule has 0 aliphatic carbocycles. The van der Waals surface area contributed by atoms with Gasteiger partial charge in [0, 0.05) is 6.21 Å². The Bertz CT molecular complexity index is 846. The average molecular weight is 335 g/mol. The molecule has 2 aromatic rings. The molecule has 1 N–H and O–H groups in total. The number of imide groups is 2. The summed E-state index contributed by atoms with van der Waals surface area (Å²) in [5.74, 6) is -2.38. The monoisotopic (exact) mass is 335 g/mol. The molecule has 1 saturated heterocycles. The number of nitrogens with one attached hydrogen (secondary N) is 1. The number of urea groups is 1. The van der Waals surface area contributed by atoms with Crippen LogP contribution in [0.3, 0.4) is 0 Å². The number of anilines is 1. The molecule has 6 nitrogen and oxygen atoms in total. The molecule has 25 heavy (non-hydrogen) atoms. The van der Waals surface area contributed by atoms with Gasteiger partial charge in [-0.15, -0.1) is 0 Å². The van der Waals surface area contributed by atoms with Crippen LogP contribution in [0.15, 0.2) is 59.6 Å². The molecule has 2 aromatic carbocycles. The highest BCUT2D eigenvalue weighted by Crippen LogP contribution is 2.23. The van der Waals surface area contributed by atoms with E-state index in [1.54, 1.807) is 25.1 Å². The molecule has 4 amide bonds. The van der Waals surface area contributed by atoms with Gasteiger partial charge in [0.1, 0.15) is 0 Å². The third-order valence-electron chi connectivity index (χ3n) is 3.93. The number of aryl methyl sites for hydroxylation is 1. The predicted octanol–water partition coefficient (Wildman–Crippen LogP) is 2.47. The van der Waals surface area contributed by atoms with Gasteiger partial charge < -0.3 is 0 Å². The fourth-order valence-corrected chi connectivity index (χ4v) is 2.61. The van der Waals surface area contributed by atoms with Crippen molar-refractivity contribution in [3.8, 4) is 0 Å². The molecule has 126 valence electrons. The number of nitrogens with zero attached hydrogens (tertiary/aromatic N) is 2. The Kier molecular flexibility index (Phi) is 4.70. The van der Waals surface area contributed by atoms with E-state index in [4.69, 9.17) is 0 Å². The Morgan fingerprint density at radius 1 is 1.04 bits per heavy atom. The smallest absolute Gasteiger partial charge is 0.291 e. The van der Waals surface area contributed by atoms with Crippen molar-refractivity contribution in [2.45, 2.75) is 13.5 Å². The summed E-state index contributed by atoms with van der Waals surface area (Å²) >= 11 is 0. The Hall–Kier alpha value is -3.28. The van der Waals surface area contributed by atoms with Crippen molar-refractivity contribution in [3.63, 3.8) is 0 Å². The van der Waals surface area contributed by atoms with Gasteiger partial charge in [0.05, 0.1) is 12.2 Å². The quantitative estimate of drug-likeness (QED) is 0.688. The van der Waals surface area contributed by atoms with Crippen molar-refractivity contribution in [3.05, 3.63) is 65.7 Å². The van der Waals surface area contributed by atoms with Gasteiger partial charge in [-0.3, -0.25) is 19.9 Å². The van der Waals surface area contributed by atoms with Gasteiger partial charge in [0.25, 0.3) is 5.91 Å². The topological polar surface area (TPSA) is 78.8 Å². The maximum atomic E-state index is 12.7. The molecule has 6 heteroatoms. The van der Waals surface area contributed by atoms with Crippen LogP contribution in [0.25, 0.3) is 0 Å². The maximum Gasteiger partial charge on any atom is 0.335 e. The molecule has 0 unspecified atom stereocenters. The summed E-state index contributed by atoms with van der Waals surface area (Å²) in [6.07, 6.45) is 1.31. The zero-order chi connectivity index (χ0) is 17.8. The Balaban J connectivity index is 1.82. The molecule has 1 fully saturated rings. The summed E-state index contributed by atoms with van der Waals surface area (Å²) in [5, 5.41) is 2.22. The van der Waals surface area contributed by atoms with Gasteiger partial charge in [-0.25, -0.2) is 9.69 Å². The number of barbiturate groups is 1. The number of para-hydroxylation sites is 1. The largest absolute Gasteiger partial charge is 0.335 e. The standard InChI is InChI=1S/C19H17N3O3/c1-13-7-5-6-10-16(13)22-18(24)15(17(23)21-19(22)25)12-20-11-14-8-3-2-4-9-14/h2-10,12,15H,11H2,1H3,(H,21,23,25)/t15-/m1/s1. The SMILES string of the molecule is Cc1ccccc1N1C(=O)NC(=O)[C@@H](C=NCc2ccccc2)C1=O. The second-order valence-corrected chi connectivity index (χ2v) is 5.71. The van der Waals surface area contributed by atoms with Crippen LogP contribution in [0.1, 0.15) is 11.1 Å². The lowest BCUT2D eigenvalue weighted by atomic mass is 10.0. The minimum Gasteiger partial charge on any atom is -0.291 e. The van der Waals surface area contributed by atoms with Gasteiger partial charge >= 0.3 is 6.03 Å². The average Bonchev–Trinajstić information content (AvgIpc) is 2.60. The highest BCUT2D eigenvalue weighted by Gasteiger charge is 2.40. The van der Waals surface area contributed by atoms with E-state index in [1.165, 1.54) is 6.21 Å². The van der Waals surface area contributed by atoms with Crippen LogP contribution in [0, 0.1) is 12.8 Å². The molecular formula is C19H17N3O3. The second kappa shape index (κ2) is 7.09. The zero-order valence-electron chi connectivity index (χ0n) is 13.7. The van der Waals surface area contributed by atoms with E-state index >= 15 is 0 Å². The Morgan fingerprint density at radius 2 is 1.72 bits per heavy atom. The van der Waals surface area contributed by atoms with Crippen LogP contribution < -0.4 is 10.2 Å². The number of amides is 4. The van der Waals surface area contributed by atoms with Crippen molar-refractivity contribution in [2.75, 3.05) is 4.90 Å². The number of rotatable bonds is 4. The minimum atomic E-state index is -1.12. The highest BCUT2D eigenvalue weighted by atomic mass is 16.2. The Labute approximate surface area is 145 Å². The summed E-state index contributed by atoms with van der Waals surface area (Å²) < 4.78 is 0. The lowest BCUT2D eigenvalue weighted by Crippen LogP contribution is -2.58. The Morgan fingerprint density at radius 3 is 2.44 bits per heavy atom. The summed E-state index contributed by atoms with van der Waals surface area (Å²) in [7, 11) is 0. The molecule has 1 atom stereocenters. The summed E-state index contributed by atoms with van der Waals surface area (Å²) in [5.41, 5.74) is 2.19. The lowest BCUT2D eigenvalue weighted by Gasteiger charge is -2.29. The first-order valence-electron chi connectivity index (χ1n) is 7.86. The number of hydrogen-bond donors (Lipinski definition) is 1. The van der Waals surface area contributed by atoms with E-state index in [2.05, 4.69) is 10.3 Å². The molecular weight excluding hydrogens is 318 g/mol. The van der Waals surface area contributed by atoms with Crippen LogP contribution in [0.5, 0.6) is 0 Å². The number of benzene rings is 2. The zero-order valence-corrected chi connectivity index (χ0v) is 13.7. The maximum absolute atomic E-state index is 12.7. The molecule has 0 radical (unpaired) electrons. The van der Waals surface area contributed by atoms with Crippen molar-refractivity contribution >= 4 is 29.7 Å². The minimum absolute atomic E-state index is 0.357. The molecule has 1 aliphatic rings. The van der Waals surface area contributed by atoms with Gasteiger partial charge in [-0.1, -0.05) is 48.5 Å². The third kappa shape index (κ3) is 3.47. The number of carbonyl (C=O) groups excluding carboxylic acids is 3. The lowest BCUT2D eigenvalue weighted by molar-refractivity contribution is -0.131. The molecule has 1 aliphatic heterocycles. The van der Waals surface area contributed by atoms with E-state index in [1.807, 2.05) is 36.4 Å². The predicted molar refractivity (Wildman–Crippen MR) is 94.3 cm³/mol.